The summed E-state index contributed by atoms with van der Waals surface area (Å²) in [7, 11) is -3.58. The molecule has 1 heterocycles. The highest BCUT2D eigenvalue weighted by atomic mass is 32.2. The minimum absolute atomic E-state index is 0.195. The van der Waals surface area contributed by atoms with Crippen LogP contribution in [0, 0.1) is 0 Å². The summed E-state index contributed by atoms with van der Waals surface area (Å²) >= 11 is 0. The summed E-state index contributed by atoms with van der Waals surface area (Å²) < 4.78 is 32.2. The van der Waals surface area contributed by atoms with Gasteiger partial charge in [0.2, 0.25) is 10.0 Å². The largest absolute Gasteiger partial charge is 0.379 e. The zero-order valence-electron chi connectivity index (χ0n) is 17.5. The molecule has 0 atom stereocenters. The zero-order chi connectivity index (χ0) is 22.4. The number of hydrogen-bond acceptors (Lipinski definition) is 4. The van der Waals surface area contributed by atoms with Gasteiger partial charge in [-0.3, -0.25) is 4.79 Å². The van der Waals surface area contributed by atoms with Crippen LogP contribution in [0.1, 0.15) is 11.1 Å². The van der Waals surface area contributed by atoms with Crippen LogP contribution in [0.15, 0.2) is 89.8 Å². The lowest BCUT2D eigenvalue weighted by Gasteiger charge is -2.26. The molecule has 1 amide bonds. The van der Waals surface area contributed by atoms with Gasteiger partial charge in [-0.1, -0.05) is 60.7 Å². The van der Waals surface area contributed by atoms with E-state index in [-0.39, 0.29) is 10.8 Å². The third-order valence-electron chi connectivity index (χ3n) is 5.16. The van der Waals surface area contributed by atoms with Gasteiger partial charge >= 0.3 is 0 Å². The molecule has 32 heavy (non-hydrogen) atoms. The zero-order valence-corrected chi connectivity index (χ0v) is 18.3. The average Bonchev–Trinajstić information content (AvgIpc) is 2.84. The second kappa shape index (κ2) is 9.91. The van der Waals surface area contributed by atoms with E-state index < -0.39 is 10.0 Å². The van der Waals surface area contributed by atoms with Gasteiger partial charge in [0.25, 0.3) is 5.91 Å². The Hall–Kier alpha value is -3.26. The van der Waals surface area contributed by atoms with Gasteiger partial charge < -0.3 is 10.1 Å². The predicted octanol–water partition coefficient (Wildman–Crippen LogP) is 3.89. The predicted molar refractivity (Wildman–Crippen MR) is 125 cm³/mol. The van der Waals surface area contributed by atoms with Crippen LogP contribution in [0.3, 0.4) is 0 Å². The number of carbonyl (C=O) groups excluding carboxylic acids is 1. The van der Waals surface area contributed by atoms with Gasteiger partial charge in [0.05, 0.1) is 18.1 Å². The Morgan fingerprint density at radius 1 is 0.844 bits per heavy atom. The second-order valence-corrected chi connectivity index (χ2v) is 9.27. The number of benzene rings is 3. The summed E-state index contributed by atoms with van der Waals surface area (Å²) in [6, 6.07) is 25.3. The van der Waals surface area contributed by atoms with E-state index >= 15 is 0 Å². The molecule has 1 aliphatic rings. The molecule has 0 radical (unpaired) electrons. The van der Waals surface area contributed by atoms with Crippen molar-refractivity contribution in [2.75, 3.05) is 31.6 Å². The number of carbonyl (C=O) groups is 1. The Morgan fingerprint density at radius 2 is 1.44 bits per heavy atom. The third kappa shape index (κ3) is 5.13. The van der Waals surface area contributed by atoms with Crippen molar-refractivity contribution in [1.82, 2.24) is 4.31 Å². The van der Waals surface area contributed by atoms with Crippen LogP contribution >= 0.6 is 0 Å². The first kappa shape index (κ1) is 22.0. The lowest BCUT2D eigenvalue weighted by Crippen LogP contribution is -2.40. The van der Waals surface area contributed by atoms with Gasteiger partial charge in [-0.15, -0.1) is 0 Å². The van der Waals surface area contributed by atoms with Crippen molar-refractivity contribution in [1.29, 1.82) is 0 Å². The Morgan fingerprint density at radius 3 is 2.06 bits per heavy atom. The molecule has 164 valence electrons. The molecule has 3 aromatic rings. The normalized spacial score (nSPS) is 15.3. The van der Waals surface area contributed by atoms with Crippen molar-refractivity contribution in [3.63, 3.8) is 0 Å². The highest BCUT2D eigenvalue weighted by molar-refractivity contribution is 7.89. The van der Waals surface area contributed by atoms with Crippen molar-refractivity contribution < 1.29 is 17.9 Å². The minimum Gasteiger partial charge on any atom is -0.379 e. The van der Waals surface area contributed by atoms with E-state index in [1.807, 2.05) is 66.7 Å². The monoisotopic (exact) mass is 448 g/mol. The third-order valence-corrected chi connectivity index (χ3v) is 7.07. The molecule has 0 bridgehead atoms. The SMILES string of the molecule is O=C(Nc1ccc(S(=O)(=O)N2CCOCC2)cc1)C(=Cc1ccccc1)c1ccccc1. The maximum atomic E-state index is 13.1. The van der Waals surface area contributed by atoms with E-state index in [0.29, 0.717) is 37.6 Å². The quantitative estimate of drug-likeness (QED) is 0.459. The van der Waals surface area contributed by atoms with E-state index in [1.54, 1.807) is 12.1 Å². The molecule has 1 aliphatic heterocycles. The van der Waals surface area contributed by atoms with Crippen LogP contribution in [-0.2, 0) is 19.6 Å². The number of morpholine rings is 1. The smallest absolute Gasteiger partial charge is 0.256 e. The van der Waals surface area contributed by atoms with E-state index in [1.165, 1.54) is 16.4 Å². The van der Waals surface area contributed by atoms with E-state index in [9.17, 15) is 13.2 Å². The van der Waals surface area contributed by atoms with Crippen molar-refractivity contribution in [2.45, 2.75) is 4.90 Å². The lowest BCUT2D eigenvalue weighted by molar-refractivity contribution is -0.111. The topological polar surface area (TPSA) is 75.7 Å². The summed E-state index contributed by atoms with van der Waals surface area (Å²) in [5, 5.41) is 2.88. The molecule has 3 aromatic carbocycles. The molecule has 1 saturated heterocycles. The Kier molecular flexibility index (Phi) is 6.80. The number of sulfonamides is 1. The van der Waals surface area contributed by atoms with Gasteiger partial charge in [-0.25, -0.2) is 8.42 Å². The Labute approximate surface area is 188 Å². The highest BCUT2D eigenvalue weighted by Crippen LogP contribution is 2.23. The van der Waals surface area contributed by atoms with E-state index in [4.69, 9.17) is 4.74 Å². The molecule has 0 aliphatic carbocycles. The van der Waals surface area contributed by atoms with Crippen LogP contribution < -0.4 is 5.32 Å². The molecule has 0 spiro atoms. The van der Waals surface area contributed by atoms with Crippen molar-refractivity contribution in [3.8, 4) is 0 Å². The molecule has 1 fully saturated rings. The van der Waals surface area contributed by atoms with Gasteiger partial charge in [-0.05, 0) is 41.5 Å². The average molecular weight is 449 g/mol. The number of amides is 1. The summed E-state index contributed by atoms with van der Waals surface area (Å²) in [6.45, 7) is 1.46. The summed E-state index contributed by atoms with van der Waals surface area (Å²) in [5.74, 6) is -0.274. The van der Waals surface area contributed by atoms with Crippen molar-refractivity contribution >= 4 is 33.3 Å². The number of rotatable bonds is 6. The van der Waals surface area contributed by atoms with E-state index in [2.05, 4.69) is 5.32 Å². The maximum Gasteiger partial charge on any atom is 0.256 e. The fraction of sp³-hybridized carbons (Fsp3) is 0.160. The molecule has 0 aromatic heterocycles. The first-order chi connectivity index (χ1) is 15.5. The highest BCUT2D eigenvalue weighted by Gasteiger charge is 2.26. The van der Waals surface area contributed by atoms with E-state index in [0.717, 1.165) is 11.1 Å². The maximum absolute atomic E-state index is 13.1. The van der Waals surface area contributed by atoms with Crippen molar-refractivity contribution in [2.24, 2.45) is 0 Å². The standard InChI is InChI=1S/C25H24N2O4S/c28-25(24(21-9-5-2-6-10-21)19-20-7-3-1-4-8-20)26-22-11-13-23(14-12-22)32(29,30)27-15-17-31-18-16-27/h1-14,19H,15-18H2,(H,26,28). The summed E-state index contributed by atoms with van der Waals surface area (Å²) in [4.78, 5) is 13.3. The van der Waals surface area contributed by atoms with Gasteiger partial charge in [0, 0.05) is 24.4 Å². The Bertz CT molecular complexity index is 1190. The molecule has 1 N–H and O–H groups in total. The van der Waals surface area contributed by atoms with Gasteiger partial charge in [0.1, 0.15) is 0 Å². The van der Waals surface area contributed by atoms with Gasteiger partial charge in [0.15, 0.2) is 0 Å². The second-order valence-electron chi connectivity index (χ2n) is 7.33. The van der Waals surface area contributed by atoms with Crippen molar-refractivity contribution in [3.05, 3.63) is 96.1 Å². The fourth-order valence-electron chi connectivity index (χ4n) is 3.46. The molecule has 0 saturated carbocycles. The number of nitrogens with zero attached hydrogens (tertiary/aromatic N) is 1. The molecular formula is C25H24N2O4S. The molecule has 7 heteroatoms. The van der Waals surface area contributed by atoms with Gasteiger partial charge in [-0.2, -0.15) is 4.31 Å². The number of hydrogen-bond donors (Lipinski definition) is 1. The number of nitrogens with one attached hydrogen (secondary N) is 1. The lowest BCUT2D eigenvalue weighted by atomic mass is 10.0. The van der Waals surface area contributed by atoms with Crippen LogP contribution in [0.25, 0.3) is 11.6 Å². The van der Waals surface area contributed by atoms with Crippen LogP contribution in [0.5, 0.6) is 0 Å². The first-order valence-electron chi connectivity index (χ1n) is 10.4. The fourth-order valence-corrected chi connectivity index (χ4v) is 4.87. The number of anilines is 1. The minimum atomic E-state index is -3.58. The first-order valence-corrected chi connectivity index (χ1v) is 11.8. The number of ether oxygens (including phenoxy) is 1. The molecule has 0 unspecified atom stereocenters. The molecule has 4 rings (SSSR count). The summed E-state index contributed by atoms with van der Waals surface area (Å²) in [5.41, 5.74) is 2.74. The van der Waals surface area contributed by atoms with Crippen LogP contribution in [0.4, 0.5) is 5.69 Å². The van der Waals surface area contributed by atoms with Crippen LogP contribution in [0.2, 0.25) is 0 Å². The molecule has 6 nitrogen and oxygen atoms in total. The molecular weight excluding hydrogens is 424 g/mol. The Balaban J connectivity index is 1.55. The van der Waals surface area contributed by atoms with Crippen LogP contribution in [-0.4, -0.2) is 44.9 Å². The summed E-state index contributed by atoms with van der Waals surface area (Å²) in [6.07, 6.45) is 1.84.